The molecule has 3 heteroatoms. The molecule has 1 aromatic heterocycles. The van der Waals surface area contributed by atoms with E-state index in [1.807, 2.05) is 12.4 Å². The molecule has 0 bridgehead atoms. The van der Waals surface area contributed by atoms with Crippen LogP contribution in [0.5, 0.6) is 0 Å². The van der Waals surface area contributed by atoms with Gasteiger partial charge in [-0.1, -0.05) is 6.08 Å². The number of anilines is 1. The van der Waals surface area contributed by atoms with Gasteiger partial charge in [0.05, 0.1) is 25.1 Å². The lowest BCUT2D eigenvalue weighted by Gasteiger charge is -2.28. The van der Waals surface area contributed by atoms with Crippen LogP contribution >= 0.6 is 0 Å². The average Bonchev–Trinajstić information content (AvgIpc) is 2.39. The number of nitrogens with zero attached hydrogens (tertiary/aromatic N) is 2. The van der Waals surface area contributed by atoms with Crippen LogP contribution in [0.15, 0.2) is 24.5 Å². The van der Waals surface area contributed by atoms with Gasteiger partial charge in [0.1, 0.15) is 0 Å². The molecule has 0 N–H and O–H groups in total. The van der Waals surface area contributed by atoms with Crippen molar-refractivity contribution in [1.82, 2.24) is 4.98 Å². The van der Waals surface area contributed by atoms with Crippen LogP contribution in [0.1, 0.15) is 19.4 Å². The fraction of sp³-hybridized carbons (Fsp3) is 0.462. The highest BCUT2D eigenvalue weighted by molar-refractivity contribution is 5.66. The van der Waals surface area contributed by atoms with E-state index in [0.29, 0.717) is 0 Å². The Morgan fingerprint density at radius 3 is 2.81 bits per heavy atom. The second-order valence-corrected chi connectivity index (χ2v) is 4.00. The Morgan fingerprint density at radius 1 is 1.38 bits per heavy atom. The molecular formula is C13H18N2O. The van der Waals surface area contributed by atoms with Crippen LogP contribution in [0.2, 0.25) is 0 Å². The van der Waals surface area contributed by atoms with E-state index in [-0.39, 0.29) is 0 Å². The first-order valence-electron chi connectivity index (χ1n) is 5.72. The minimum atomic E-state index is 0.812. The topological polar surface area (TPSA) is 25.4 Å². The van der Waals surface area contributed by atoms with E-state index in [1.54, 1.807) is 0 Å². The average molecular weight is 218 g/mol. The predicted molar refractivity (Wildman–Crippen MR) is 66.6 cm³/mol. The van der Waals surface area contributed by atoms with Crippen LogP contribution in [0, 0.1) is 0 Å². The Morgan fingerprint density at radius 2 is 2.12 bits per heavy atom. The molecule has 0 aliphatic carbocycles. The van der Waals surface area contributed by atoms with Crippen LogP contribution < -0.4 is 4.90 Å². The maximum atomic E-state index is 5.35. The molecule has 2 heterocycles. The summed E-state index contributed by atoms with van der Waals surface area (Å²) in [4.78, 5) is 6.63. The molecule has 0 atom stereocenters. The Balaban J connectivity index is 2.21. The summed E-state index contributed by atoms with van der Waals surface area (Å²) in [6, 6.07) is 2.20. The molecule has 16 heavy (non-hydrogen) atoms. The van der Waals surface area contributed by atoms with Crippen molar-refractivity contribution in [3.8, 4) is 0 Å². The minimum absolute atomic E-state index is 0.812. The lowest BCUT2D eigenvalue weighted by atomic mass is 10.1. The first kappa shape index (κ1) is 11.1. The predicted octanol–water partition coefficient (Wildman–Crippen LogP) is 2.34. The molecule has 0 saturated carbocycles. The minimum Gasteiger partial charge on any atom is -0.378 e. The first-order chi connectivity index (χ1) is 7.81. The van der Waals surface area contributed by atoms with Gasteiger partial charge >= 0.3 is 0 Å². The molecule has 3 nitrogen and oxygen atoms in total. The molecule has 86 valence electrons. The Bertz CT molecular complexity index is 381. The fourth-order valence-corrected chi connectivity index (χ4v) is 1.80. The number of allylic oxidation sites excluding steroid dienone is 2. The Labute approximate surface area is 96.7 Å². The summed E-state index contributed by atoms with van der Waals surface area (Å²) >= 11 is 0. The molecule has 0 aromatic carbocycles. The van der Waals surface area contributed by atoms with Gasteiger partial charge in [-0.15, -0.1) is 0 Å². The van der Waals surface area contributed by atoms with Gasteiger partial charge in [0.25, 0.3) is 0 Å². The third-order valence-corrected chi connectivity index (χ3v) is 2.99. The van der Waals surface area contributed by atoms with Crippen LogP contribution in [0.25, 0.3) is 5.57 Å². The first-order valence-corrected chi connectivity index (χ1v) is 5.72. The molecule has 1 aliphatic heterocycles. The zero-order valence-electron chi connectivity index (χ0n) is 9.94. The monoisotopic (exact) mass is 218 g/mol. The van der Waals surface area contributed by atoms with Crippen molar-refractivity contribution < 1.29 is 4.74 Å². The molecule has 0 radical (unpaired) electrons. The summed E-state index contributed by atoms with van der Waals surface area (Å²) < 4.78 is 5.35. The van der Waals surface area contributed by atoms with Crippen LogP contribution in [0.4, 0.5) is 5.69 Å². The van der Waals surface area contributed by atoms with Gasteiger partial charge in [0.15, 0.2) is 0 Å². The second-order valence-electron chi connectivity index (χ2n) is 4.00. The zero-order chi connectivity index (χ0) is 11.4. The van der Waals surface area contributed by atoms with E-state index in [1.165, 1.54) is 16.8 Å². The van der Waals surface area contributed by atoms with Gasteiger partial charge < -0.3 is 9.64 Å². The highest BCUT2D eigenvalue weighted by Gasteiger charge is 2.11. The molecule has 0 spiro atoms. The third-order valence-electron chi connectivity index (χ3n) is 2.99. The summed E-state index contributed by atoms with van der Waals surface area (Å²) in [5.41, 5.74) is 3.66. The largest absolute Gasteiger partial charge is 0.378 e. The summed E-state index contributed by atoms with van der Waals surface area (Å²) in [5, 5.41) is 0. The van der Waals surface area contributed by atoms with Gasteiger partial charge in [-0.3, -0.25) is 4.98 Å². The Hall–Kier alpha value is -1.35. The van der Waals surface area contributed by atoms with Gasteiger partial charge in [0.2, 0.25) is 0 Å². The lowest BCUT2D eigenvalue weighted by molar-refractivity contribution is 0.122. The number of hydrogen-bond acceptors (Lipinski definition) is 3. The summed E-state index contributed by atoms with van der Waals surface area (Å²) in [7, 11) is 0. The van der Waals surface area contributed by atoms with E-state index >= 15 is 0 Å². The molecule has 1 aliphatic rings. The highest BCUT2D eigenvalue weighted by atomic mass is 16.5. The van der Waals surface area contributed by atoms with Crippen molar-refractivity contribution in [2.24, 2.45) is 0 Å². The van der Waals surface area contributed by atoms with Crippen LogP contribution in [-0.4, -0.2) is 31.3 Å². The van der Waals surface area contributed by atoms with E-state index < -0.39 is 0 Å². The molecule has 1 aromatic rings. The lowest BCUT2D eigenvalue weighted by Crippen LogP contribution is -2.36. The van der Waals surface area contributed by atoms with Gasteiger partial charge in [-0.2, -0.15) is 0 Å². The summed E-state index contributed by atoms with van der Waals surface area (Å²) in [6.07, 6.45) is 5.96. The SMILES string of the molecule is CC=C(C)c1cncc(N2CCOCC2)c1. The number of rotatable bonds is 2. The van der Waals surface area contributed by atoms with Crippen molar-refractivity contribution in [1.29, 1.82) is 0 Å². The Kier molecular flexibility index (Phi) is 3.57. The molecule has 1 fully saturated rings. The second kappa shape index (κ2) is 5.12. The number of pyridine rings is 1. The van der Waals surface area contributed by atoms with E-state index in [0.717, 1.165) is 26.3 Å². The van der Waals surface area contributed by atoms with Crippen molar-refractivity contribution in [2.75, 3.05) is 31.2 Å². The van der Waals surface area contributed by atoms with Gasteiger partial charge in [-0.25, -0.2) is 0 Å². The highest BCUT2D eigenvalue weighted by Crippen LogP contribution is 2.20. The number of aromatic nitrogens is 1. The third kappa shape index (κ3) is 2.42. The van der Waals surface area contributed by atoms with Crippen LogP contribution in [0.3, 0.4) is 0 Å². The normalized spacial score (nSPS) is 17.6. The standard InChI is InChI=1S/C13H18N2O/c1-3-11(2)12-8-13(10-14-9-12)15-4-6-16-7-5-15/h3,8-10H,4-7H2,1-2H3. The van der Waals surface area contributed by atoms with E-state index in [4.69, 9.17) is 4.74 Å². The maximum Gasteiger partial charge on any atom is 0.0642 e. The summed E-state index contributed by atoms with van der Waals surface area (Å²) in [5.74, 6) is 0. The van der Waals surface area contributed by atoms with E-state index in [2.05, 4.69) is 35.9 Å². The van der Waals surface area contributed by atoms with Crippen LogP contribution in [-0.2, 0) is 4.74 Å². The maximum absolute atomic E-state index is 5.35. The number of morpholine rings is 1. The number of ether oxygens (including phenoxy) is 1. The quantitative estimate of drug-likeness (QED) is 0.762. The smallest absolute Gasteiger partial charge is 0.0642 e. The number of hydrogen-bond donors (Lipinski definition) is 0. The molecular weight excluding hydrogens is 200 g/mol. The molecule has 2 rings (SSSR count). The van der Waals surface area contributed by atoms with Gasteiger partial charge in [0, 0.05) is 19.3 Å². The van der Waals surface area contributed by atoms with Crippen molar-refractivity contribution in [3.63, 3.8) is 0 Å². The molecule has 1 saturated heterocycles. The van der Waals surface area contributed by atoms with E-state index in [9.17, 15) is 0 Å². The van der Waals surface area contributed by atoms with Gasteiger partial charge in [-0.05, 0) is 31.1 Å². The van der Waals surface area contributed by atoms with Crippen molar-refractivity contribution >= 4 is 11.3 Å². The summed E-state index contributed by atoms with van der Waals surface area (Å²) in [6.45, 7) is 7.70. The molecule has 0 amide bonds. The van der Waals surface area contributed by atoms with Crippen molar-refractivity contribution in [3.05, 3.63) is 30.1 Å². The van der Waals surface area contributed by atoms with Crippen molar-refractivity contribution in [2.45, 2.75) is 13.8 Å². The zero-order valence-corrected chi connectivity index (χ0v) is 9.94. The fourth-order valence-electron chi connectivity index (χ4n) is 1.80. The molecule has 0 unspecified atom stereocenters.